The van der Waals surface area contributed by atoms with Crippen molar-refractivity contribution in [1.29, 1.82) is 0 Å². The number of hydrogen-bond acceptors (Lipinski definition) is 5. The highest BCUT2D eigenvalue weighted by Crippen LogP contribution is 2.17. The first kappa shape index (κ1) is 11.7. The minimum Gasteiger partial charge on any atom is -0.326 e. The molecule has 0 saturated heterocycles. The second kappa shape index (κ2) is 4.21. The van der Waals surface area contributed by atoms with Gasteiger partial charge in [-0.3, -0.25) is 0 Å². The summed E-state index contributed by atoms with van der Waals surface area (Å²) in [7, 11) is 0. The topological polar surface area (TPSA) is 82.5 Å². The van der Waals surface area contributed by atoms with Crippen LogP contribution in [0.4, 0.5) is 0 Å². The Labute approximate surface area is 99.9 Å². The van der Waals surface area contributed by atoms with E-state index in [4.69, 9.17) is 5.73 Å². The van der Waals surface area contributed by atoms with Gasteiger partial charge in [-0.2, -0.15) is 9.78 Å². The van der Waals surface area contributed by atoms with E-state index in [1.807, 2.05) is 27.7 Å². The van der Waals surface area contributed by atoms with Crippen molar-refractivity contribution in [3.05, 3.63) is 28.5 Å². The van der Waals surface area contributed by atoms with E-state index in [-0.39, 0.29) is 0 Å². The van der Waals surface area contributed by atoms with Gasteiger partial charge in [-0.25, -0.2) is 4.98 Å². The molecule has 2 rings (SSSR count). The van der Waals surface area contributed by atoms with Gasteiger partial charge in [0.15, 0.2) is 5.82 Å². The molecule has 0 atom stereocenters. The van der Waals surface area contributed by atoms with Crippen molar-refractivity contribution in [2.75, 3.05) is 0 Å². The molecule has 2 aromatic rings. The molecule has 0 fully saturated rings. The summed E-state index contributed by atoms with van der Waals surface area (Å²) in [5, 5.41) is 12.6. The van der Waals surface area contributed by atoms with E-state index in [9.17, 15) is 0 Å². The molecular weight excluding hydrogens is 216 g/mol. The molecule has 6 heteroatoms. The van der Waals surface area contributed by atoms with Gasteiger partial charge in [0.1, 0.15) is 11.6 Å². The van der Waals surface area contributed by atoms with Crippen LogP contribution >= 0.6 is 0 Å². The predicted octanol–water partition coefficient (Wildman–Crippen LogP) is 0.750. The summed E-state index contributed by atoms with van der Waals surface area (Å²) in [6.45, 7) is 8.06. The van der Waals surface area contributed by atoms with Crippen LogP contribution in [0.25, 0.3) is 5.82 Å². The monoisotopic (exact) mass is 232 g/mol. The van der Waals surface area contributed by atoms with Crippen LogP contribution in [0.1, 0.15) is 28.5 Å². The molecule has 0 spiro atoms. The highest BCUT2D eigenvalue weighted by molar-refractivity contribution is 5.40. The van der Waals surface area contributed by atoms with Crippen LogP contribution in [-0.2, 0) is 6.54 Å². The Kier molecular flexibility index (Phi) is 2.89. The maximum absolute atomic E-state index is 5.79. The summed E-state index contributed by atoms with van der Waals surface area (Å²) in [6.07, 6.45) is 0. The van der Waals surface area contributed by atoms with Gasteiger partial charge in [-0.1, -0.05) is 0 Å². The highest BCUT2D eigenvalue weighted by atomic mass is 15.4. The number of aryl methyl sites for hydroxylation is 3. The molecule has 90 valence electrons. The first-order chi connectivity index (χ1) is 8.04. The molecule has 6 nitrogen and oxygen atoms in total. The van der Waals surface area contributed by atoms with Crippen LogP contribution in [0.15, 0.2) is 0 Å². The molecule has 0 saturated carbocycles. The summed E-state index contributed by atoms with van der Waals surface area (Å²) in [5.74, 6) is 2.17. The number of nitrogens with zero attached hydrogens (tertiary/aromatic N) is 5. The number of rotatable bonds is 2. The van der Waals surface area contributed by atoms with Gasteiger partial charge in [0.2, 0.25) is 0 Å². The number of aromatic nitrogens is 5. The fraction of sp³-hybridized carbons (Fsp3) is 0.455. The van der Waals surface area contributed by atoms with E-state index >= 15 is 0 Å². The lowest BCUT2D eigenvalue weighted by Gasteiger charge is -2.11. The molecule has 2 N–H and O–H groups in total. The molecule has 0 unspecified atom stereocenters. The molecule has 0 radical (unpaired) electrons. The zero-order valence-corrected chi connectivity index (χ0v) is 10.5. The summed E-state index contributed by atoms with van der Waals surface area (Å²) in [6, 6.07) is 0. The molecule has 0 aliphatic rings. The molecule has 17 heavy (non-hydrogen) atoms. The van der Waals surface area contributed by atoms with Crippen LogP contribution in [0, 0.1) is 27.7 Å². The molecule has 2 heterocycles. The van der Waals surface area contributed by atoms with E-state index in [2.05, 4.69) is 20.3 Å². The fourth-order valence-corrected chi connectivity index (χ4v) is 1.78. The van der Waals surface area contributed by atoms with Crippen molar-refractivity contribution in [3.63, 3.8) is 0 Å². The third-order valence-corrected chi connectivity index (χ3v) is 2.84. The molecule has 0 aromatic carbocycles. The smallest absolute Gasteiger partial charge is 0.182 e. The van der Waals surface area contributed by atoms with Gasteiger partial charge in [0.25, 0.3) is 0 Å². The lowest BCUT2D eigenvalue weighted by molar-refractivity contribution is 0.749. The lowest BCUT2D eigenvalue weighted by Crippen LogP contribution is -2.13. The molecule has 0 bridgehead atoms. The van der Waals surface area contributed by atoms with Crippen molar-refractivity contribution in [3.8, 4) is 5.82 Å². The normalized spacial score (nSPS) is 10.9. The van der Waals surface area contributed by atoms with Gasteiger partial charge in [0, 0.05) is 12.1 Å². The van der Waals surface area contributed by atoms with Crippen LogP contribution in [0.2, 0.25) is 0 Å². The third-order valence-electron chi connectivity index (χ3n) is 2.84. The van der Waals surface area contributed by atoms with Gasteiger partial charge in [-0.15, -0.1) is 10.2 Å². The highest BCUT2D eigenvalue weighted by Gasteiger charge is 2.14. The van der Waals surface area contributed by atoms with E-state index in [0.29, 0.717) is 18.2 Å². The van der Waals surface area contributed by atoms with Crippen molar-refractivity contribution in [1.82, 2.24) is 25.0 Å². The van der Waals surface area contributed by atoms with Crippen LogP contribution in [0.3, 0.4) is 0 Å². The van der Waals surface area contributed by atoms with Gasteiger partial charge >= 0.3 is 0 Å². The van der Waals surface area contributed by atoms with Gasteiger partial charge in [-0.05, 0) is 33.3 Å². The quantitative estimate of drug-likeness (QED) is 0.826. The molecule has 0 aliphatic heterocycles. The third kappa shape index (κ3) is 1.91. The maximum atomic E-state index is 5.79. The fourth-order valence-electron chi connectivity index (χ4n) is 1.78. The van der Waals surface area contributed by atoms with E-state index in [1.165, 1.54) is 0 Å². The van der Waals surface area contributed by atoms with E-state index in [0.717, 1.165) is 22.6 Å². The average molecular weight is 232 g/mol. The van der Waals surface area contributed by atoms with Gasteiger partial charge in [0.05, 0.1) is 5.69 Å². The SMILES string of the molecule is Cc1nc(C)n(-c2nnc(C)c(C)c2CN)n1. The van der Waals surface area contributed by atoms with Crippen molar-refractivity contribution in [2.45, 2.75) is 34.2 Å². The number of nitrogens with two attached hydrogens (primary N) is 1. The Morgan fingerprint density at radius 1 is 1.12 bits per heavy atom. The Hall–Kier alpha value is -1.82. The van der Waals surface area contributed by atoms with E-state index < -0.39 is 0 Å². The van der Waals surface area contributed by atoms with Crippen molar-refractivity contribution in [2.24, 2.45) is 5.73 Å². The first-order valence-electron chi connectivity index (χ1n) is 5.48. The Morgan fingerprint density at radius 3 is 2.35 bits per heavy atom. The van der Waals surface area contributed by atoms with Crippen LogP contribution in [0.5, 0.6) is 0 Å². The average Bonchev–Trinajstić information content (AvgIpc) is 2.61. The summed E-state index contributed by atoms with van der Waals surface area (Å²) in [5.41, 5.74) is 8.70. The minimum atomic E-state index is 0.413. The van der Waals surface area contributed by atoms with Crippen molar-refractivity contribution >= 4 is 0 Å². The predicted molar refractivity (Wildman–Crippen MR) is 63.8 cm³/mol. The molecular formula is C11H16N6. The molecule has 2 aromatic heterocycles. The zero-order chi connectivity index (χ0) is 12.6. The lowest BCUT2D eigenvalue weighted by atomic mass is 10.1. The van der Waals surface area contributed by atoms with Crippen LogP contribution < -0.4 is 5.73 Å². The standard InChI is InChI=1S/C11H16N6/c1-6-7(2)14-15-11(10(6)5-12)17-9(4)13-8(3)16-17/h5,12H2,1-4H3. The second-order valence-electron chi connectivity index (χ2n) is 4.03. The first-order valence-corrected chi connectivity index (χ1v) is 5.48. The molecule has 0 amide bonds. The van der Waals surface area contributed by atoms with Crippen LogP contribution in [-0.4, -0.2) is 25.0 Å². The van der Waals surface area contributed by atoms with E-state index in [1.54, 1.807) is 4.68 Å². The summed E-state index contributed by atoms with van der Waals surface area (Å²) >= 11 is 0. The van der Waals surface area contributed by atoms with Gasteiger partial charge < -0.3 is 5.73 Å². The Bertz CT molecular complexity index is 557. The minimum absolute atomic E-state index is 0.413. The summed E-state index contributed by atoms with van der Waals surface area (Å²) < 4.78 is 1.69. The maximum Gasteiger partial charge on any atom is 0.182 e. The summed E-state index contributed by atoms with van der Waals surface area (Å²) in [4.78, 5) is 4.26. The molecule has 0 aliphatic carbocycles. The Balaban J connectivity index is 2.67. The Morgan fingerprint density at radius 2 is 1.82 bits per heavy atom. The van der Waals surface area contributed by atoms with Crippen molar-refractivity contribution < 1.29 is 0 Å². The second-order valence-corrected chi connectivity index (χ2v) is 4.03. The zero-order valence-electron chi connectivity index (χ0n) is 10.5. The largest absolute Gasteiger partial charge is 0.326 e. The number of hydrogen-bond donors (Lipinski definition) is 1.